The van der Waals surface area contributed by atoms with Gasteiger partial charge < -0.3 is 15.4 Å². The van der Waals surface area contributed by atoms with Crippen LogP contribution in [0.3, 0.4) is 0 Å². The number of amides is 2. The zero-order valence-corrected chi connectivity index (χ0v) is 10.5. The van der Waals surface area contributed by atoms with Crippen LogP contribution >= 0.6 is 0 Å². The Kier molecular flexibility index (Phi) is 3.17. The van der Waals surface area contributed by atoms with Crippen molar-refractivity contribution >= 4 is 12.0 Å². The number of alkyl carbamates (subject to hydrolysis) is 1. The van der Waals surface area contributed by atoms with Gasteiger partial charge in [-0.25, -0.2) is 4.79 Å². The molecule has 5 heteroatoms. The van der Waals surface area contributed by atoms with Crippen LogP contribution < -0.4 is 10.6 Å². The van der Waals surface area contributed by atoms with Crippen molar-refractivity contribution in [3.63, 3.8) is 0 Å². The molecule has 16 heavy (non-hydrogen) atoms. The minimum Gasteiger partial charge on any atom is -0.444 e. The molecule has 1 heterocycles. The number of carbonyl (C=O) groups excluding carboxylic acids is 2. The number of rotatable bonds is 2. The van der Waals surface area contributed by atoms with Crippen molar-refractivity contribution in [3.8, 4) is 0 Å². The van der Waals surface area contributed by atoms with Gasteiger partial charge >= 0.3 is 6.09 Å². The lowest BCUT2D eigenvalue weighted by Gasteiger charge is -2.44. The zero-order valence-electron chi connectivity index (χ0n) is 10.5. The molecule has 0 radical (unpaired) electrons. The Morgan fingerprint density at radius 2 is 2.06 bits per heavy atom. The second kappa shape index (κ2) is 3.96. The van der Waals surface area contributed by atoms with E-state index in [0.29, 0.717) is 6.54 Å². The molecule has 1 saturated heterocycles. The molecule has 0 saturated carbocycles. The summed E-state index contributed by atoms with van der Waals surface area (Å²) in [6.07, 6.45) is -0.483. The fourth-order valence-electron chi connectivity index (χ4n) is 1.59. The number of β-lactam (4-membered cyclic amide) rings is 1. The molecule has 0 aromatic rings. The number of hydrogen-bond acceptors (Lipinski definition) is 3. The van der Waals surface area contributed by atoms with Gasteiger partial charge in [0.1, 0.15) is 5.60 Å². The second-order valence-electron chi connectivity index (χ2n) is 5.65. The third-order valence-corrected chi connectivity index (χ3v) is 2.48. The summed E-state index contributed by atoms with van der Waals surface area (Å²) in [6.45, 7) is 9.56. The van der Waals surface area contributed by atoms with Crippen LogP contribution in [0.15, 0.2) is 0 Å². The monoisotopic (exact) mass is 228 g/mol. The van der Waals surface area contributed by atoms with E-state index in [9.17, 15) is 9.59 Å². The summed E-state index contributed by atoms with van der Waals surface area (Å²) < 4.78 is 5.08. The summed E-state index contributed by atoms with van der Waals surface area (Å²) in [5, 5.41) is 5.38. The van der Waals surface area contributed by atoms with Crippen molar-refractivity contribution in [3.05, 3.63) is 0 Å². The average Bonchev–Trinajstić information content (AvgIpc) is 1.98. The normalized spacial score (nSPS) is 23.1. The highest BCUT2D eigenvalue weighted by molar-refractivity contribution is 5.88. The summed E-state index contributed by atoms with van der Waals surface area (Å²) in [4.78, 5) is 22.6. The molecule has 0 aromatic carbocycles. The molecule has 1 aliphatic rings. The fourth-order valence-corrected chi connectivity index (χ4v) is 1.59. The van der Waals surface area contributed by atoms with Crippen molar-refractivity contribution in [2.45, 2.75) is 45.8 Å². The van der Waals surface area contributed by atoms with Crippen molar-refractivity contribution in [2.75, 3.05) is 6.54 Å². The molecule has 0 unspecified atom stereocenters. The molecule has 5 nitrogen and oxygen atoms in total. The van der Waals surface area contributed by atoms with Gasteiger partial charge in [0.2, 0.25) is 5.91 Å². The SMILES string of the molecule is CC(C)(C)OC(=O)NC[C@H]1C(=O)NC1(C)C. The number of ether oxygens (including phenoxy) is 1. The molecule has 1 fully saturated rings. The molecule has 0 aliphatic carbocycles. The van der Waals surface area contributed by atoms with Gasteiger partial charge in [0.05, 0.1) is 5.92 Å². The van der Waals surface area contributed by atoms with E-state index in [1.807, 2.05) is 13.8 Å². The van der Waals surface area contributed by atoms with E-state index in [-0.39, 0.29) is 17.4 Å². The number of carbonyl (C=O) groups is 2. The third kappa shape index (κ3) is 3.12. The summed E-state index contributed by atoms with van der Waals surface area (Å²) in [6, 6.07) is 0. The molecule has 0 aromatic heterocycles. The quantitative estimate of drug-likeness (QED) is 0.694. The first kappa shape index (κ1) is 12.8. The maximum Gasteiger partial charge on any atom is 0.407 e. The van der Waals surface area contributed by atoms with E-state index >= 15 is 0 Å². The van der Waals surface area contributed by atoms with Crippen molar-refractivity contribution in [2.24, 2.45) is 5.92 Å². The van der Waals surface area contributed by atoms with Crippen LogP contribution in [0.2, 0.25) is 0 Å². The van der Waals surface area contributed by atoms with Gasteiger partial charge in [0, 0.05) is 12.1 Å². The molecule has 2 N–H and O–H groups in total. The molecule has 0 bridgehead atoms. The van der Waals surface area contributed by atoms with E-state index < -0.39 is 11.7 Å². The van der Waals surface area contributed by atoms with E-state index in [0.717, 1.165) is 0 Å². The van der Waals surface area contributed by atoms with Crippen molar-refractivity contribution < 1.29 is 14.3 Å². The predicted molar refractivity (Wildman–Crippen MR) is 59.9 cm³/mol. The Morgan fingerprint density at radius 3 is 2.44 bits per heavy atom. The third-order valence-electron chi connectivity index (χ3n) is 2.48. The minimum absolute atomic E-state index is 0.0268. The van der Waals surface area contributed by atoms with E-state index in [4.69, 9.17) is 4.74 Å². The van der Waals surface area contributed by atoms with Gasteiger partial charge in [-0.15, -0.1) is 0 Å². The van der Waals surface area contributed by atoms with Crippen LogP contribution in [0.4, 0.5) is 4.79 Å². The van der Waals surface area contributed by atoms with Gasteiger partial charge in [-0.05, 0) is 34.6 Å². The van der Waals surface area contributed by atoms with Crippen LogP contribution in [0.1, 0.15) is 34.6 Å². The van der Waals surface area contributed by atoms with Crippen LogP contribution in [-0.4, -0.2) is 29.7 Å². The maximum atomic E-state index is 11.4. The van der Waals surface area contributed by atoms with Crippen LogP contribution in [0.25, 0.3) is 0 Å². The van der Waals surface area contributed by atoms with E-state index in [1.165, 1.54) is 0 Å². The highest BCUT2D eigenvalue weighted by atomic mass is 16.6. The Morgan fingerprint density at radius 1 is 1.50 bits per heavy atom. The van der Waals surface area contributed by atoms with Gasteiger partial charge in [-0.2, -0.15) is 0 Å². The average molecular weight is 228 g/mol. The first-order chi connectivity index (χ1) is 7.12. The smallest absolute Gasteiger partial charge is 0.407 e. The molecule has 1 aliphatic heterocycles. The summed E-state index contributed by atoms with van der Waals surface area (Å²) in [5.41, 5.74) is -0.756. The zero-order chi connectivity index (χ0) is 12.6. The van der Waals surface area contributed by atoms with Crippen LogP contribution in [0.5, 0.6) is 0 Å². The van der Waals surface area contributed by atoms with Gasteiger partial charge in [-0.1, -0.05) is 0 Å². The largest absolute Gasteiger partial charge is 0.444 e. The predicted octanol–water partition coefficient (Wildman–Crippen LogP) is 1.04. The maximum absolute atomic E-state index is 11.4. The lowest BCUT2D eigenvalue weighted by atomic mass is 9.79. The van der Waals surface area contributed by atoms with E-state index in [2.05, 4.69) is 10.6 Å². The Balaban J connectivity index is 2.35. The summed E-state index contributed by atoms with van der Waals surface area (Å²) in [7, 11) is 0. The van der Waals surface area contributed by atoms with Crippen molar-refractivity contribution in [1.82, 2.24) is 10.6 Å². The first-order valence-corrected chi connectivity index (χ1v) is 5.41. The summed E-state index contributed by atoms with van der Waals surface area (Å²) >= 11 is 0. The molecule has 92 valence electrons. The lowest BCUT2D eigenvalue weighted by molar-refractivity contribution is -0.139. The molecular formula is C11H20N2O3. The minimum atomic E-state index is -0.512. The van der Waals surface area contributed by atoms with Crippen molar-refractivity contribution in [1.29, 1.82) is 0 Å². The van der Waals surface area contributed by atoms with Gasteiger partial charge in [0.25, 0.3) is 0 Å². The van der Waals surface area contributed by atoms with Crippen LogP contribution in [-0.2, 0) is 9.53 Å². The molecule has 2 amide bonds. The fraction of sp³-hybridized carbons (Fsp3) is 0.818. The number of nitrogens with one attached hydrogen (secondary N) is 2. The highest BCUT2D eigenvalue weighted by Gasteiger charge is 2.46. The van der Waals surface area contributed by atoms with Crippen LogP contribution in [0, 0.1) is 5.92 Å². The molecule has 0 spiro atoms. The van der Waals surface area contributed by atoms with E-state index in [1.54, 1.807) is 20.8 Å². The Bertz CT molecular complexity index is 305. The molecular weight excluding hydrogens is 208 g/mol. The Hall–Kier alpha value is -1.26. The highest BCUT2D eigenvalue weighted by Crippen LogP contribution is 2.25. The topological polar surface area (TPSA) is 67.4 Å². The number of hydrogen-bond donors (Lipinski definition) is 2. The standard InChI is InChI=1S/C11H20N2O3/c1-10(2,3)16-9(15)12-6-7-8(14)13-11(7,4)5/h7H,6H2,1-5H3,(H,12,15)(H,13,14)/t7-/m0/s1. The van der Waals surface area contributed by atoms with Gasteiger partial charge in [-0.3, -0.25) is 4.79 Å². The second-order valence-corrected chi connectivity index (χ2v) is 5.65. The lowest BCUT2D eigenvalue weighted by Crippen LogP contribution is -2.68. The molecule has 1 atom stereocenters. The summed E-state index contributed by atoms with van der Waals surface area (Å²) in [5.74, 6) is -0.207. The molecule has 1 rings (SSSR count). The first-order valence-electron chi connectivity index (χ1n) is 5.41. The Labute approximate surface area is 95.9 Å². The van der Waals surface area contributed by atoms with Gasteiger partial charge in [0.15, 0.2) is 0 Å².